The molecule has 38 heteroatoms. The third-order valence-corrected chi connectivity index (χ3v) is 24.3. The number of benzene rings is 8. The molecule has 0 bridgehead atoms. The molecule has 0 aliphatic rings. The van der Waals surface area contributed by atoms with Crippen LogP contribution in [0, 0.1) is 0 Å². The number of hydrogen-bond donors (Lipinski definition) is 8. The first-order valence-electron chi connectivity index (χ1n) is 37.1. The maximum atomic E-state index is 13.3. The average molecular weight is 1720 g/mol. The van der Waals surface area contributed by atoms with Crippen LogP contribution in [0.15, 0.2) is 239 Å². The molecule has 0 fully saturated rings. The number of amides is 2. The lowest BCUT2D eigenvalue weighted by molar-refractivity contribution is -0.114. The van der Waals surface area contributed by atoms with E-state index in [0.717, 1.165) is 73.5 Å². The maximum absolute atomic E-state index is 13.3. The van der Waals surface area contributed by atoms with Crippen LogP contribution >= 0.6 is 46.1 Å². The lowest BCUT2D eigenvalue weighted by Crippen LogP contribution is -2.30. The standard InChI is InChI=1S/C22H24N6O3S2.C21H20N6O2S.C20H15N5O2S.C19H17N5O3S2/c1-4-23-16-11-7-9-14-19(16)17(13-18(20(14)29)33(30,31)28(5-2)6-3)25-26-22-15-10-8-12-24-21(15)27-32-22;1-4-22-15-9-5-7-12-17(15)16(11-14(18(12)28)21(29)27(2)3)24-25-20-13-8-6-10-23-19(13)26-30-20;1-12(26)22-17-11-14(10-16(18(17)27)13-6-3-2-4-7-13)23-24-20-15-8-5-9-21-19(15)25-28-20;1-3-20-13-8-4-6-11-16(13)14(10-15(17(11)25)29(2,26)27)22-23-19-12-7-5-9-21-18(12)24-28-19/h7-13,23,29H,4-6H2,1-3H3;5-11,22,28H,4H2,1-3H3;2-11,27H,1H3,(H,22,26);4-10,20,25H,3H2,1-2H3. The molecule has 0 atom stereocenters. The van der Waals surface area contributed by atoms with Crippen LogP contribution in [0.2, 0.25) is 0 Å². The molecule has 0 unspecified atom stereocenters. The van der Waals surface area contributed by atoms with Crippen LogP contribution in [0.25, 0.3) is 87.6 Å². The summed E-state index contributed by atoms with van der Waals surface area (Å²) in [6.45, 7) is 13.3. The summed E-state index contributed by atoms with van der Waals surface area (Å²) in [5.41, 5.74) is 8.08. The molecular weight excluding hydrogens is 1650 g/mol. The second kappa shape index (κ2) is 37.4. The Morgan fingerprint density at radius 1 is 0.417 bits per heavy atom. The van der Waals surface area contributed by atoms with Crippen molar-refractivity contribution in [2.24, 2.45) is 40.9 Å². The van der Waals surface area contributed by atoms with Gasteiger partial charge < -0.3 is 46.6 Å². The van der Waals surface area contributed by atoms with Gasteiger partial charge in [0.1, 0.15) is 32.8 Å². The zero-order chi connectivity index (χ0) is 84.9. The highest BCUT2D eigenvalue weighted by Gasteiger charge is 2.30. The van der Waals surface area contributed by atoms with Gasteiger partial charge in [0.2, 0.25) is 15.9 Å². The number of azo groups is 4. The molecule has 16 aromatic rings. The predicted molar refractivity (Wildman–Crippen MR) is 475 cm³/mol. The van der Waals surface area contributed by atoms with E-state index >= 15 is 0 Å². The number of anilines is 4. The van der Waals surface area contributed by atoms with Crippen LogP contribution in [0.5, 0.6) is 23.0 Å². The number of fused-ring (bicyclic) bond motifs is 7. The first-order valence-corrected chi connectivity index (χ1v) is 43.5. The van der Waals surface area contributed by atoms with Crippen molar-refractivity contribution in [1.82, 2.24) is 46.6 Å². The van der Waals surface area contributed by atoms with E-state index in [1.54, 1.807) is 113 Å². The lowest BCUT2D eigenvalue weighted by atomic mass is 10.0. The number of sulfone groups is 1. The van der Waals surface area contributed by atoms with Gasteiger partial charge in [0, 0.05) is 140 Å². The Hall–Kier alpha value is -13.5. The van der Waals surface area contributed by atoms with Gasteiger partial charge in [0.25, 0.3) is 5.91 Å². The van der Waals surface area contributed by atoms with Crippen LogP contribution in [-0.2, 0) is 24.7 Å². The van der Waals surface area contributed by atoms with Crippen LogP contribution in [0.1, 0.15) is 51.9 Å². The fourth-order valence-electron chi connectivity index (χ4n) is 12.7. The minimum atomic E-state index is -3.94. The zero-order valence-electron chi connectivity index (χ0n) is 65.7. The number of aromatic nitrogens is 8. The second-order valence-corrected chi connectivity index (χ2v) is 33.2. The van der Waals surface area contributed by atoms with Gasteiger partial charge >= 0.3 is 0 Å². The Labute approximate surface area is 703 Å². The summed E-state index contributed by atoms with van der Waals surface area (Å²) in [5, 5.41) is 99.1. The minimum Gasteiger partial charge on any atom is -0.506 e. The third kappa shape index (κ3) is 18.3. The molecular formula is C82H76N22O10S6. The second-order valence-electron chi connectivity index (χ2n) is 26.3. The van der Waals surface area contributed by atoms with Gasteiger partial charge in [-0.15, -0.1) is 40.9 Å². The minimum absolute atomic E-state index is 0.0206. The highest BCUT2D eigenvalue weighted by molar-refractivity contribution is 7.90. The molecule has 2 amide bonds. The normalized spacial score (nSPS) is 11.8. The Kier molecular flexibility index (Phi) is 26.3. The summed E-state index contributed by atoms with van der Waals surface area (Å²) < 4.78 is 69.3. The number of carbonyl (C=O) groups excluding carboxylic acids is 2. The maximum Gasteiger partial charge on any atom is 0.257 e. The number of hydrogen-bond acceptors (Lipinski definition) is 33. The summed E-state index contributed by atoms with van der Waals surface area (Å²) in [6.07, 6.45) is 7.71. The Bertz CT molecular complexity index is 6920. The van der Waals surface area contributed by atoms with Crippen molar-refractivity contribution in [2.45, 2.75) is 51.3 Å². The molecule has 8 N–H and O–H groups in total. The van der Waals surface area contributed by atoms with Crippen molar-refractivity contribution < 1.29 is 46.9 Å². The summed E-state index contributed by atoms with van der Waals surface area (Å²) in [6, 6.07) is 47.7. The van der Waals surface area contributed by atoms with E-state index in [9.17, 15) is 46.9 Å². The summed E-state index contributed by atoms with van der Waals surface area (Å²) in [7, 11) is -4.33. The van der Waals surface area contributed by atoms with E-state index in [1.165, 1.54) is 51.3 Å². The highest BCUT2D eigenvalue weighted by Crippen LogP contribution is 2.48. The van der Waals surface area contributed by atoms with Gasteiger partial charge in [-0.25, -0.2) is 36.8 Å². The van der Waals surface area contributed by atoms with Crippen molar-refractivity contribution >= 4 is 220 Å². The SMILES string of the molecule is CC(=O)Nc1cc(N=Nc2snc3ncccc23)cc(-c2ccccc2)c1O.CCNc1cccc2c(O)c(C(=O)N(C)C)cc(N=Nc3snc4ncccc34)c12.CCNc1cccc2c(O)c(S(=O)(=O)N(CC)CC)cc(N=Nc3snc4ncccc34)c12.CCNc1cccc2c(O)c(S(C)(=O)=O)cc(N=Nc3snc4ncccc34)c12. The van der Waals surface area contributed by atoms with Crippen molar-refractivity contribution in [1.29, 1.82) is 0 Å². The van der Waals surface area contributed by atoms with Gasteiger partial charge in [-0.05, 0) is 170 Å². The Balaban J connectivity index is 0.000000139. The number of pyridine rings is 4. The van der Waals surface area contributed by atoms with E-state index < -0.39 is 19.9 Å². The number of carbonyl (C=O) groups is 2. The summed E-state index contributed by atoms with van der Waals surface area (Å²) >= 11 is 4.74. The van der Waals surface area contributed by atoms with E-state index in [1.807, 2.05) is 112 Å². The molecule has 0 saturated carbocycles. The van der Waals surface area contributed by atoms with Crippen molar-refractivity contribution in [3.8, 4) is 34.1 Å². The van der Waals surface area contributed by atoms with Gasteiger partial charge in [-0.2, -0.15) is 21.8 Å². The van der Waals surface area contributed by atoms with E-state index in [0.29, 0.717) is 123 Å². The molecule has 32 nitrogen and oxygen atoms in total. The largest absolute Gasteiger partial charge is 0.506 e. The molecule has 8 aromatic heterocycles. The number of phenols is 4. The van der Waals surface area contributed by atoms with Crippen molar-refractivity contribution in [3.63, 3.8) is 0 Å². The monoisotopic (exact) mass is 1720 g/mol. The molecule has 0 aliphatic carbocycles. The zero-order valence-corrected chi connectivity index (χ0v) is 70.6. The molecule has 120 heavy (non-hydrogen) atoms. The number of rotatable bonds is 22. The smallest absolute Gasteiger partial charge is 0.257 e. The van der Waals surface area contributed by atoms with Crippen LogP contribution < -0.4 is 21.3 Å². The number of aromatic hydroxyl groups is 4. The van der Waals surface area contributed by atoms with Gasteiger partial charge in [0.15, 0.2) is 52.4 Å². The van der Waals surface area contributed by atoms with E-state index in [-0.39, 0.29) is 68.9 Å². The van der Waals surface area contributed by atoms with Crippen LogP contribution in [-0.4, -0.2) is 149 Å². The quantitative estimate of drug-likeness (QED) is 0.0231. The first-order chi connectivity index (χ1) is 57.9. The number of sulfonamides is 1. The average Bonchev–Trinajstić information content (AvgIpc) is 1.04. The van der Waals surface area contributed by atoms with Crippen molar-refractivity contribution in [2.75, 3.05) is 74.3 Å². The number of nitrogens with one attached hydrogen (secondary N) is 4. The molecule has 16 rings (SSSR count). The fourth-order valence-corrected chi connectivity index (χ4v) is 17.7. The molecule has 610 valence electrons. The van der Waals surface area contributed by atoms with Crippen LogP contribution in [0.3, 0.4) is 0 Å². The predicted octanol–water partition coefficient (Wildman–Crippen LogP) is 20.8. The molecule has 8 heterocycles. The molecule has 0 saturated heterocycles. The summed E-state index contributed by atoms with van der Waals surface area (Å²) in [5.74, 6) is -1.30. The summed E-state index contributed by atoms with van der Waals surface area (Å²) in [4.78, 5) is 42.0. The topological polar surface area (TPSA) is 440 Å². The highest BCUT2D eigenvalue weighted by atomic mass is 32.2. The van der Waals surface area contributed by atoms with Gasteiger partial charge in [-0.1, -0.05) is 80.6 Å². The molecule has 8 aromatic carbocycles. The Morgan fingerprint density at radius 2 is 0.792 bits per heavy atom. The van der Waals surface area contributed by atoms with Crippen molar-refractivity contribution in [3.05, 3.63) is 194 Å². The molecule has 0 radical (unpaired) electrons. The van der Waals surface area contributed by atoms with E-state index in [2.05, 4.69) is 99.6 Å². The first kappa shape index (κ1) is 84.4. The van der Waals surface area contributed by atoms with Crippen LogP contribution in [0.4, 0.5) is 65.5 Å². The lowest BCUT2D eigenvalue weighted by Gasteiger charge is -2.20. The fraction of sp³-hybridized carbons (Fsp3) is 0.171. The number of nitrogens with zero attached hydrogens (tertiary/aromatic N) is 18. The van der Waals surface area contributed by atoms with E-state index in [4.69, 9.17) is 0 Å². The Morgan fingerprint density at radius 3 is 1.18 bits per heavy atom. The molecule has 0 aliphatic heterocycles. The third-order valence-electron chi connectivity index (χ3n) is 18.2. The van der Waals surface area contributed by atoms with Gasteiger partial charge in [-0.3, -0.25) is 9.59 Å². The molecule has 0 spiro atoms. The number of phenolic OH excluding ortho intramolecular Hbond substituents is 4. The van der Waals surface area contributed by atoms with Gasteiger partial charge in [0.05, 0.1) is 55.5 Å².